The highest BCUT2D eigenvalue weighted by Gasteiger charge is 2.25. The Morgan fingerprint density at radius 1 is 1.40 bits per heavy atom. The summed E-state index contributed by atoms with van der Waals surface area (Å²) >= 11 is 5.03. The van der Waals surface area contributed by atoms with Gasteiger partial charge >= 0.3 is 0 Å². The van der Waals surface area contributed by atoms with Gasteiger partial charge in [-0.2, -0.15) is 0 Å². The van der Waals surface area contributed by atoms with Gasteiger partial charge in [0.15, 0.2) is 0 Å². The van der Waals surface area contributed by atoms with Crippen LogP contribution in [0.15, 0.2) is 30.3 Å². The van der Waals surface area contributed by atoms with E-state index in [-0.39, 0.29) is 10.9 Å². The van der Waals surface area contributed by atoms with Gasteiger partial charge < -0.3 is 15.7 Å². The van der Waals surface area contributed by atoms with Crippen molar-refractivity contribution in [1.29, 1.82) is 0 Å². The van der Waals surface area contributed by atoms with E-state index in [0.29, 0.717) is 19.4 Å². The monoisotopic (exact) mass is 294 g/mol. The van der Waals surface area contributed by atoms with E-state index in [1.807, 2.05) is 30.3 Å². The molecule has 1 amide bonds. The van der Waals surface area contributed by atoms with Crippen molar-refractivity contribution >= 4 is 23.1 Å². The van der Waals surface area contributed by atoms with E-state index >= 15 is 0 Å². The van der Waals surface area contributed by atoms with Gasteiger partial charge in [-0.05, 0) is 25.3 Å². The summed E-state index contributed by atoms with van der Waals surface area (Å²) in [7, 11) is 1.71. The van der Waals surface area contributed by atoms with Gasteiger partial charge in [-0.15, -0.1) is 0 Å². The van der Waals surface area contributed by atoms with Crippen molar-refractivity contribution in [1.82, 2.24) is 4.90 Å². The Kier molecular flexibility index (Phi) is 6.61. The molecule has 0 aromatic heterocycles. The van der Waals surface area contributed by atoms with Gasteiger partial charge in [0.1, 0.15) is 0 Å². The molecule has 0 radical (unpaired) electrons. The summed E-state index contributed by atoms with van der Waals surface area (Å²) < 4.78 is 0. The Bertz CT molecular complexity index is 448. The average molecular weight is 294 g/mol. The maximum atomic E-state index is 12.4. The van der Waals surface area contributed by atoms with Crippen LogP contribution in [0.25, 0.3) is 0 Å². The van der Waals surface area contributed by atoms with E-state index in [0.717, 1.165) is 5.56 Å². The fraction of sp³-hybridized carbons (Fsp3) is 0.467. The van der Waals surface area contributed by atoms with Crippen molar-refractivity contribution in [2.45, 2.75) is 25.9 Å². The molecule has 0 aliphatic heterocycles. The number of benzene rings is 1. The average Bonchev–Trinajstić information content (AvgIpc) is 2.42. The molecule has 2 atom stereocenters. The molecule has 0 aliphatic carbocycles. The molecule has 3 N–H and O–H groups in total. The predicted octanol–water partition coefficient (Wildman–Crippen LogP) is 1.36. The largest absolute Gasteiger partial charge is 0.393 e. The standard InChI is InChI=1S/C15H22N2O2S/c1-11(18)8-9-17(2)15(19)13(14(16)20)10-12-6-4-3-5-7-12/h3-7,11,13,18H,8-10H2,1-2H3,(H2,16,20). The van der Waals surface area contributed by atoms with Crippen molar-refractivity contribution in [3.8, 4) is 0 Å². The maximum Gasteiger partial charge on any atom is 0.232 e. The second-order valence-corrected chi connectivity index (χ2v) is 5.51. The summed E-state index contributed by atoms with van der Waals surface area (Å²) in [5.41, 5.74) is 6.74. The summed E-state index contributed by atoms with van der Waals surface area (Å²) in [6.45, 7) is 2.19. The van der Waals surface area contributed by atoms with E-state index in [4.69, 9.17) is 18.0 Å². The van der Waals surface area contributed by atoms with Crippen molar-refractivity contribution in [3.05, 3.63) is 35.9 Å². The summed E-state index contributed by atoms with van der Waals surface area (Å²) in [5.74, 6) is -0.589. The van der Waals surface area contributed by atoms with Gasteiger partial charge in [0.05, 0.1) is 17.0 Å². The van der Waals surface area contributed by atoms with Gasteiger partial charge in [0.2, 0.25) is 5.91 Å². The van der Waals surface area contributed by atoms with Crippen molar-refractivity contribution < 1.29 is 9.90 Å². The van der Waals surface area contributed by atoms with Crippen LogP contribution in [0.3, 0.4) is 0 Å². The predicted molar refractivity (Wildman–Crippen MR) is 84.4 cm³/mol. The number of thiocarbonyl (C=S) groups is 1. The van der Waals surface area contributed by atoms with E-state index < -0.39 is 12.0 Å². The smallest absolute Gasteiger partial charge is 0.232 e. The van der Waals surface area contributed by atoms with E-state index in [9.17, 15) is 9.90 Å². The molecule has 0 spiro atoms. The zero-order valence-electron chi connectivity index (χ0n) is 12.0. The SMILES string of the molecule is CC(O)CCN(C)C(=O)C(Cc1ccccc1)C(N)=S. The number of aliphatic hydroxyl groups is 1. The quantitative estimate of drug-likeness (QED) is 0.745. The fourth-order valence-corrected chi connectivity index (χ4v) is 2.10. The molecular formula is C15H22N2O2S. The molecule has 0 fully saturated rings. The first-order valence-corrected chi connectivity index (χ1v) is 7.09. The number of rotatable bonds is 7. The van der Waals surface area contributed by atoms with Crippen LogP contribution in [-0.2, 0) is 11.2 Å². The zero-order valence-corrected chi connectivity index (χ0v) is 12.8. The van der Waals surface area contributed by atoms with Crippen LogP contribution in [0.2, 0.25) is 0 Å². The normalized spacial score (nSPS) is 13.6. The maximum absolute atomic E-state index is 12.4. The fourth-order valence-electron chi connectivity index (χ4n) is 1.92. The van der Waals surface area contributed by atoms with Crippen LogP contribution in [0.1, 0.15) is 18.9 Å². The molecular weight excluding hydrogens is 272 g/mol. The lowest BCUT2D eigenvalue weighted by atomic mass is 9.98. The van der Waals surface area contributed by atoms with E-state index in [2.05, 4.69) is 0 Å². The third-order valence-corrected chi connectivity index (χ3v) is 3.47. The molecule has 1 aromatic rings. The molecule has 0 heterocycles. The van der Waals surface area contributed by atoms with Crippen molar-refractivity contribution in [3.63, 3.8) is 0 Å². The van der Waals surface area contributed by atoms with Gasteiger partial charge in [0, 0.05) is 13.6 Å². The van der Waals surface area contributed by atoms with Crippen LogP contribution < -0.4 is 5.73 Å². The third-order valence-electron chi connectivity index (χ3n) is 3.18. The van der Waals surface area contributed by atoms with Gasteiger partial charge in [-0.3, -0.25) is 4.79 Å². The van der Waals surface area contributed by atoms with Crippen LogP contribution in [0.5, 0.6) is 0 Å². The minimum Gasteiger partial charge on any atom is -0.393 e. The van der Waals surface area contributed by atoms with E-state index in [1.165, 1.54) is 0 Å². The highest BCUT2D eigenvalue weighted by molar-refractivity contribution is 7.80. The number of hydrogen-bond donors (Lipinski definition) is 2. The zero-order chi connectivity index (χ0) is 15.1. The molecule has 0 aliphatic rings. The Labute approximate surface area is 125 Å². The second-order valence-electron chi connectivity index (χ2n) is 5.04. The topological polar surface area (TPSA) is 66.6 Å². The lowest BCUT2D eigenvalue weighted by Gasteiger charge is -2.23. The molecule has 1 rings (SSSR count). The number of aliphatic hydroxyl groups excluding tert-OH is 1. The minimum atomic E-state index is -0.494. The molecule has 0 bridgehead atoms. The Balaban J connectivity index is 2.70. The molecule has 2 unspecified atom stereocenters. The number of carbonyl (C=O) groups excluding carboxylic acids is 1. The summed E-state index contributed by atoms with van der Waals surface area (Å²) in [5, 5.41) is 9.28. The van der Waals surface area contributed by atoms with Crippen molar-refractivity contribution in [2.75, 3.05) is 13.6 Å². The van der Waals surface area contributed by atoms with Crippen LogP contribution >= 0.6 is 12.2 Å². The summed E-state index contributed by atoms with van der Waals surface area (Å²) in [6, 6.07) is 9.68. The first kappa shape index (κ1) is 16.6. The summed E-state index contributed by atoms with van der Waals surface area (Å²) in [4.78, 5) is 14.2. The van der Waals surface area contributed by atoms with E-state index in [1.54, 1.807) is 18.9 Å². The molecule has 20 heavy (non-hydrogen) atoms. The number of nitrogens with two attached hydrogens (primary N) is 1. The third kappa shape index (κ3) is 5.27. The lowest BCUT2D eigenvalue weighted by molar-refractivity contribution is -0.132. The van der Waals surface area contributed by atoms with Crippen molar-refractivity contribution in [2.24, 2.45) is 11.7 Å². The number of hydrogen-bond acceptors (Lipinski definition) is 3. The molecule has 0 saturated heterocycles. The van der Waals surface area contributed by atoms with Crippen LogP contribution in [-0.4, -0.2) is 40.6 Å². The second kappa shape index (κ2) is 7.97. The highest BCUT2D eigenvalue weighted by Crippen LogP contribution is 2.12. The number of amides is 1. The molecule has 110 valence electrons. The molecule has 1 aromatic carbocycles. The van der Waals surface area contributed by atoms with Gasteiger partial charge in [-0.1, -0.05) is 42.5 Å². The Hall–Kier alpha value is -1.46. The highest BCUT2D eigenvalue weighted by atomic mass is 32.1. The molecule has 0 saturated carbocycles. The van der Waals surface area contributed by atoms with Gasteiger partial charge in [0.25, 0.3) is 0 Å². The summed E-state index contributed by atoms with van der Waals surface area (Å²) in [6.07, 6.45) is 0.619. The molecule has 4 nitrogen and oxygen atoms in total. The van der Waals surface area contributed by atoms with Gasteiger partial charge in [-0.25, -0.2) is 0 Å². The minimum absolute atomic E-state index is 0.0954. The lowest BCUT2D eigenvalue weighted by Crippen LogP contribution is -2.41. The van der Waals surface area contributed by atoms with Crippen LogP contribution in [0.4, 0.5) is 0 Å². The Morgan fingerprint density at radius 2 is 2.00 bits per heavy atom. The number of nitrogens with zero attached hydrogens (tertiary/aromatic N) is 1. The first-order chi connectivity index (χ1) is 9.41. The molecule has 5 heteroatoms. The Morgan fingerprint density at radius 3 is 2.50 bits per heavy atom. The first-order valence-electron chi connectivity index (χ1n) is 6.68. The number of carbonyl (C=O) groups is 1. The van der Waals surface area contributed by atoms with Crippen LogP contribution in [0, 0.1) is 5.92 Å².